The van der Waals surface area contributed by atoms with Gasteiger partial charge in [-0.15, -0.1) is 22.7 Å². The first-order chi connectivity index (χ1) is 13.2. The Balaban J connectivity index is 1.25. The standard InChI is InChI=1S/C20H16N2O3S2/c23-18(21-10-9-19-22-14-6-2-4-8-16(14)27-19)12-25-20(24)17-11-13-5-1-3-7-15(13)26-17/h1-8,11H,9-10,12H2,(H,21,23). The van der Waals surface area contributed by atoms with Crippen LogP contribution in [0.25, 0.3) is 20.3 Å². The highest BCUT2D eigenvalue weighted by molar-refractivity contribution is 7.20. The van der Waals surface area contributed by atoms with Crippen molar-refractivity contribution in [2.45, 2.75) is 6.42 Å². The van der Waals surface area contributed by atoms with Gasteiger partial charge in [-0.25, -0.2) is 9.78 Å². The zero-order valence-electron chi connectivity index (χ0n) is 14.3. The molecule has 0 atom stereocenters. The van der Waals surface area contributed by atoms with E-state index < -0.39 is 5.97 Å². The lowest BCUT2D eigenvalue weighted by atomic mass is 10.2. The minimum atomic E-state index is -0.475. The maximum Gasteiger partial charge on any atom is 0.348 e. The highest BCUT2D eigenvalue weighted by Gasteiger charge is 2.13. The number of esters is 1. The summed E-state index contributed by atoms with van der Waals surface area (Å²) in [6, 6.07) is 17.5. The first kappa shape index (κ1) is 17.6. The molecule has 4 aromatic rings. The number of thiazole rings is 1. The number of ether oxygens (including phenoxy) is 1. The second kappa shape index (κ2) is 7.85. The summed E-state index contributed by atoms with van der Waals surface area (Å²) >= 11 is 2.98. The van der Waals surface area contributed by atoms with E-state index in [1.54, 1.807) is 17.4 Å². The minimum absolute atomic E-state index is 0.285. The van der Waals surface area contributed by atoms with E-state index in [9.17, 15) is 9.59 Å². The third-order valence-electron chi connectivity index (χ3n) is 3.96. The maximum absolute atomic E-state index is 12.1. The fourth-order valence-electron chi connectivity index (χ4n) is 2.67. The van der Waals surface area contributed by atoms with E-state index in [4.69, 9.17) is 4.74 Å². The van der Waals surface area contributed by atoms with Crippen molar-refractivity contribution >= 4 is 54.9 Å². The summed E-state index contributed by atoms with van der Waals surface area (Å²) in [5.41, 5.74) is 0.973. The molecule has 0 radical (unpaired) electrons. The van der Waals surface area contributed by atoms with Crippen molar-refractivity contribution in [1.82, 2.24) is 10.3 Å². The van der Waals surface area contributed by atoms with E-state index in [1.807, 2.05) is 48.5 Å². The predicted octanol–water partition coefficient (Wildman–Crippen LogP) is 4.03. The Bertz CT molecular complexity index is 1050. The number of hydrogen-bond donors (Lipinski definition) is 1. The summed E-state index contributed by atoms with van der Waals surface area (Å²) in [6.45, 7) is 0.173. The monoisotopic (exact) mass is 396 g/mol. The number of carbonyl (C=O) groups excluding carboxylic acids is 2. The Hall–Kier alpha value is -2.77. The molecule has 7 heteroatoms. The van der Waals surface area contributed by atoms with Gasteiger partial charge in [-0.3, -0.25) is 4.79 Å². The van der Waals surface area contributed by atoms with Crippen LogP contribution in [0.5, 0.6) is 0 Å². The molecule has 1 amide bonds. The lowest BCUT2D eigenvalue weighted by molar-refractivity contribution is -0.124. The molecule has 2 aromatic carbocycles. The largest absolute Gasteiger partial charge is 0.451 e. The molecule has 0 unspecified atom stereocenters. The molecule has 0 aliphatic heterocycles. The summed E-state index contributed by atoms with van der Waals surface area (Å²) in [7, 11) is 0. The first-order valence-corrected chi connectivity index (χ1v) is 10.1. The van der Waals surface area contributed by atoms with Crippen LogP contribution in [0.15, 0.2) is 54.6 Å². The number of rotatable bonds is 6. The fourth-order valence-corrected chi connectivity index (χ4v) is 4.59. The lowest BCUT2D eigenvalue weighted by Gasteiger charge is -2.04. The normalized spacial score (nSPS) is 11.0. The lowest BCUT2D eigenvalue weighted by Crippen LogP contribution is -2.30. The summed E-state index contributed by atoms with van der Waals surface area (Å²) in [4.78, 5) is 29.1. The summed E-state index contributed by atoms with van der Waals surface area (Å²) in [6.07, 6.45) is 0.648. The number of benzene rings is 2. The predicted molar refractivity (Wildman–Crippen MR) is 108 cm³/mol. The van der Waals surface area contributed by atoms with Crippen LogP contribution >= 0.6 is 22.7 Å². The molecule has 0 bridgehead atoms. The van der Waals surface area contributed by atoms with Gasteiger partial charge in [0.05, 0.1) is 15.2 Å². The van der Waals surface area contributed by atoms with Gasteiger partial charge in [-0.1, -0.05) is 30.3 Å². The van der Waals surface area contributed by atoms with E-state index in [-0.39, 0.29) is 12.5 Å². The van der Waals surface area contributed by atoms with Crippen molar-refractivity contribution < 1.29 is 14.3 Å². The van der Waals surface area contributed by atoms with Crippen LogP contribution in [0.2, 0.25) is 0 Å². The van der Waals surface area contributed by atoms with E-state index in [1.165, 1.54) is 11.3 Å². The molecule has 1 N–H and O–H groups in total. The molecule has 0 aliphatic rings. The van der Waals surface area contributed by atoms with Crippen molar-refractivity contribution in [3.63, 3.8) is 0 Å². The van der Waals surface area contributed by atoms with E-state index in [0.29, 0.717) is 17.8 Å². The Morgan fingerprint density at radius 3 is 2.59 bits per heavy atom. The molecular formula is C20H16N2O3S2. The molecule has 0 saturated heterocycles. The SMILES string of the molecule is O=C(COC(=O)c1cc2ccccc2s1)NCCc1nc2ccccc2s1. The van der Waals surface area contributed by atoms with Crippen molar-refractivity contribution in [3.8, 4) is 0 Å². The Morgan fingerprint density at radius 1 is 1.00 bits per heavy atom. The number of hydrogen-bond acceptors (Lipinski definition) is 6. The van der Waals surface area contributed by atoms with Crippen molar-refractivity contribution in [1.29, 1.82) is 0 Å². The third-order valence-corrected chi connectivity index (χ3v) is 6.15. The molecular weight excluding hydrogens is 380 g/mol. The van der Waals surface area contributed by atoms with Gasteiger partial charge < -0.3 is 10.1 Å². The molecule has 0 spiro atoms. The first-order valence-electron chi connectivity index (χ1n) is 8.46. The van der Waals surface area contributed by atoms with Crippen LogP contribution in [0.3, 0.4) is 0 Å². The topological polar surface area (TPSA) is 68.3 Å². The molecule has 5 nitrogen and oxygen atoms in total. The number of nitrogens with zero attached hydrogens (tertiary/aromatic N) is 1. The zero-order chi connectivity index (χ0) is 18.6. The van der Waals surface area contributed by atoms with Gasteiger partial charge in [-0.05, 0) is 29.7 Å². The van der Waals surface area contributed by atoms with Crippen molar-refractivity contribution in [2.24, 2.45) is 0 Å². The smallest absolute Gasteiger partial charge is 0.348 e. The van der Waals surface area contributed by atoms with Crippen LogP contribution in [-0.4, -0.2) is 30.0 Å². The number of nitrogens with one attached hydrogen (secondary N) is 1. The van der Waals surface area contributed by atoms with Gasteiger partial charge in [0, 0.05) is 17.7 Å². The third kappa shape index (κ3) is 4.15. The number of para-hydroxylation sites is 1. The Labute approximate surface area is 163 Å². The van der Waals surface area contributed by atoms with Gasteiger partial charge in [0.15, 0.2) is 6.61 Å². The number of aromatic nitrogens is 1. The summed E-state index contributed by atoms with van der Waals surface area (Å²) < 4.78 is 7.27. The van der Waals surface area contributed by atoms with Crippen LogP contribution in [0, 0.1) is 0 Å². The number of amides is 1. The van der Waals surface area contributed by atoms with Crippen LogP contribution in [0.1, 0.15) is 14.7 Å². The second-order valence-corrected chi connectivity index (χ2v) is 8.10. The molecule has 136 valence electrons. The molecule has 2 heterocycles. The minimum Gasteiger partial charge on any atom is -0.451 e. The second-order valence-electron chi connectivity index (χ2n) is 5.90. The number of carbonyl (C=O) groups is 2. The van der Waals surface area contributed by atoms with E-state index in [2.05, 4.69) is 10.3 Å². The molecule has 0 saturated carbocycles. The summed E-state index contributed by atoms with van der Waals surface area (Å²) in [5.74, 6) is -0.789. The van der Waals surface area contributed by atoms with E-state index in [0.717, 1.165) is 25.3 Å². The average molecular weight is 396 g/mol. The fraction of sp³-hybridized carbons (Fsp3) is 0.150. The molecule has 0 aliphatic carbocycles. The quantitative estimate of drug-likeness (QED) is 0.500. The van der Waals surface area contributed by atoms with E-state index >= 15 is 0 Å². The Kier molecular flexibility index (Phi) is 5.13. The van der Waals surface area contributed by atoms with Gasteiger partial charge in [-0.2, -0.15) is 0 Å². The highest BCUT2D eigenvalue weighted by Crippen LogP contribution is 2.25. The van der Waals surface area contributed by atoms with Gasteiger partial charge in [0.25, 0.3) is 5.91 Å². The number of fused-ring (bicyclic) bond motifs is 2. The van der Waals surface area contributed by atoms with Gasteiger partial charge in [0.2, 0.25) is 0 Å². The van der Waals surface area contributed by atoms with Crippen LogP contribution in [0.4, 0.5) is 0 Å². The van der Waals surface area contributed by atoms with Gasteiger partial charge >= 0.3 is 5.97 Å². The van der Waals surface area contributed by atoms with Gasteiger partial charge in [0.1, 0.15) is 4.88 Å². The summed E-state index contributed by atoms with van der Waals surface area (Å²) in [5, 5.41) is 4.73. The highest BCUT2D eigenvalue weighted by atomic mass is 32.1. The molecule has 0 fully saturated rings. The molecule has 4 rings (SSSR count). The zero-order valence-corrected chi connectivity index (χ0v) is 15.9. The van der Waals surface area contributed by atoms with Crippen molar-refractivity contribution in [2.75, 3.05) is 13.2 Å². The van der Waals surface area contributed by atoms with Crippen LogP contribution in [-0.2, 0) is 16.0 Å². The van der Waals surface area contributed by atoms with Crippen molar-refractivity contribution in [3.05, 3.63) is 64.5 Å². The van der Waals surface area contributed by atoms with Crippen LogP contribution < -0.4 is 5.32 Å². The Morgan fingerprint density at radius 2 is 1.78 bits per heavy atom. The molecule has 2 aromatic heterocycles. The average Bonchev–Trinajstić information content (AvgIpc) is 3.29. The molecule has 27 heavy (non-hydrogen) atoms. The maximum atomic E-state index is 12.1. The number of thiophene rings is 1.